The van der Waals surface area contributed by atoms with Crippen molar-refractivity contribution in [3.63, 3.8) is 0 Å². The summed E-state index contributed by atoms with van der Waals surface area (Å²) in [6, 6.07) is 5.10. The first-order valence-electron chi connectivity index (χ1n) is 7.91. The highest BCUT2D eigenvalue weighted by molar-refractivity contribution is 6.31. The Balaban J connectivity index is 1.83. The number of anilines is 1. The average Bonchev–Trinajstić information content (AvgIpc) is 2.94. The number of ketones is 1. The van der Waals surface area contributed by atoms with Crippen molar-refractivity contribution in [3.8, 4) is 0 Å². The number of nitrogens with one attached hydrogen (secondary N) is 2. The minimum absolute atomic E-state index is 0.154. The second-order valence-electron chi connectivity index (χ2n) is 5.92. The van der Waals surface area contributed by atoms with E-state index in [-0.39, 0.29) is 23.9 Å². The van der Waals surface area contributed by atoms with Crippen LogP contribution in [0.15, 0.2) is 18.2 Å². The van der Waals surface area contributed by atoms with Crippen LogP contribution >= 0.6 is 11.6 Å². The van der Waals surface area contributed by atoms with E-state index in [1.54, 1.807) is 18.2 Å². The number of aromatic nitrogens is 1. The van der Waals surface area contributed by atoms with Crippen molar-refractivity contribution < 1.29 is 19.1 Å². The molecule has 8 heteroatoms. The number of esters is 1. The van der Waals surface area contributed by atoms with E-state index < -0.39 is 5.97 Å². The summed E-state index contributed by atoms with van der Waals surface area (Å²) in [4.78, 5) is 40.6. The van der Waals surface area contributed by atoms with Crippen LogP contribution in [0.5, 0.6) is 0 Å². The van der Waals surface area contributed by atoms with Crippen molar-refractivity contribution in [2.75, 3.05) is 32.1 Å². The van der Waals surface area contributed by atoms with Crippen LogP contribution < -0.4 is 5.32 Å². The molecule has 0 radical (unpaired) electrons. The van der Waals surface area contributed by atoms with Gasteiger partial charge in [0, 0.05) is 41.9 Å². The number of nitrogens with zero attached hydrogens (tertiary/aromatic N) is 1. The molecule has 0 aliphatic carbocycles. The number of rotatable bonds is 4. The van der Waals surface area contributed by atoms with Gasteiger partial charge in [0.15, 0.2) is 0 Å². The number of piperidine rings is 1. The van der Waals surface area contributed by atoms with Crippen LogP contribution in [0.3, 0.4) is 0 Å². The van der Waals surface area contributed by atoms with Gasteiger partial charge in [-0.1, -0.05) is 11.6 Å². The molecule has 1 aromatic carbocycles. The van der Waals surface area contributed by atoms with Crippen LogP contribution in [-0.2, 0) is 14.3 Å². The number of hydrogen-bond donors (Lipinski definition) is 2. The summed E-state index contributed by atoms with van der Waals surface area (Å²) in [7, 11) is 1.27. The van der Waals surface area contributed by atoms with Gasteiger partial charge in [-0.15, -0.1) is 0 Å². The van der Waals surface area contributed by atoms with Gasteiger partial charge in [-0.25, -0.2) is 4.79 Å². The summed E-state index contributed by atoms with van der Waals surface area (Å²) in [5.74, 6) is -0.623. The van der Waals surface area contributed by atoms with Crippen molar-refractivity contribution >= 4 is 45.9 Å². The molecular formula is C17H18ClN3O4. The average molecular weight is 364 g/mol. The SMILES string of the molecule is COC(=O)c1[nH]c2ccc(Cl)cc2c1NC(=O)CN1CCC(=O)CC1. The molecule has 3 rings (SSSR count). The fraction of sp³-hybridized carbons (Fsp3) is 0.353. The van der Waals surface area contributed by atoms with E-state index in [0.717, 1.165) is 0 Å². The Morgan fingerprint density at radius 1 is 1.32 bits per heavy atom. The van der Waals surface area contributed by atoms with Crippen LogP contribution in [0.2, 0.25) is 5.02 Å². The van der Waals surface area contributed by atoms with E-state index in [1.165, 1.54) is 7.11 Å². The lowest BCUT2D eigenvalue weighted by Gasteiger charge is -2.24. The monoisotopic (exact) mass is 363 g/mol. The van der Waals surface area contributed by atoms with Gasteiger partial charge in [-0.2, -0.15) is 0 Å². The number of aromatic amines is 1. The molecule has 25 heavy (non-hydrogen) atoms. The zero-order chi connectivity index (χ0) is 18.0. The van der Waals surface area contributed by atoms with Crippen molar-refractivity contribution in [2.45, 2.75) is 12.8 Å². The number of fused-ring (bicyclic) bond motifs is 1. The Kier molecular flexibility index (Phi) is 5.06. The van der Waals surface area contributed by atoms with Gasteiger partial charge in [-0.05, 0) is 18.2 Å². The van der Waals surface area contributed by atoms with Crippen LogP contribution in [0.25, 0.3) is 10.9 Å². The van der Waals surface area contributed by atoms with E-state index in [1.807, 2.05) is 4.90 Å². The third-order valence-electron chi connectivity index (χ3n) is 4.20. The number of amides is 1. The highest BCUT2D eigenvalue weighted by atomic mass is 35.5. The molecule has 2 aromatic rings. The molecule has 1 saturated heterocycles. The number of halogens is 1. The zero-order valence-corrected chi connectivity index (χ0v) is 14.5. The molecule has 2 N–H and O–H groups in total. The maximum absolute atomic E-state index is 12.4. The van der Waals surface area contributed by atoms with Gasteiger partial charge in [0.25, 0.3) is 0 Å². The predicted octanol–water partition coefficient (Wildman–Crippen LogP) is 2.21. The van der Waals surface area contributed by atoms with E-state index in [2.05, 4.69) is 10.3 Å². The summed E-state index contributed by atoms with van der Waals surface area (Å²) < 4.78 is 4.78. The largest absolute Gasteiger partial charge is 0.464 e. The molecule has 1 aliphatic rings. The second kappa shape index (κ2) is 7.25. The molecule has 0 atom stereocenters. The highest BCUT2D eigenvalue weighted by Crippen LogP contribution is 2.30. The van der Waals surface area contributed by atoms with Crippen LogP contribution in [0.4, 0.5) is 5.69 Å². The molecular weight excluding hydrogens is 346 g/mol. The van der Waals surface area contributed by atoms with Gasteiger partial charge < -0.3 is 15.0 Å². The van der Waals surface area contributed by atoms with Crippen LogP contribution in [-0.4, -0.2) is 54.3 Å². The van der Waals surface area contributed by atoms with Gasteiger partial charge in [-0.3, -0.25) is 14.5 Å². The summed E-state index contributed by atoms with van der Waals surface area (Å²) >= 11 is 6.04. The lowest BCUT2D eigenvalue weighted by Crippen LogP contribution is -2.39. The topological polar surface area (TPSA) is 91.5 Å². The number of carbonyl (C=O) groups excluding carboxylic acids is 3. The Hall–Kier alpha value is -2.38. The fourth-order valence-corrected chi connectivity index (χ4v) is 3.06. The Labute approximate surface area is 149 Å². The third kappa shape index (κ3) is 3.83. The Morgan fingerprint density at radius 2 is 2.04 bits per heavy atom. The molecule has 0 spiro atoms. The summed E-state index contributed by atoms with van der Waals surface area (Å²) in [5, 5.41) is 3.91. The first-order valence-corrected chi connectivity index (χ1v) is 8.29. The summed E-state index contributed by atoms with van der Waals surface area (Å²) in [6.45, 7) is 1.28. The van der Waals surface area contributed by atoms with E-state index >= 15 is 0 Å². The van der Waals surface area contributed by atoms with Crippen molar-refractivity contribution in [1.29, 1.82) is 0 Å². The lowest BCUT2D eigenvalue weighted by molar-refractivity contribution is -0.124. The number of benzene rings is 1. The summed E-state index contributed by atoms with van der Waals surface area (Å²) in [6.07, 6.45) is 0.923. The normalized spacial score (nSPS) is 15.4. The molecule has 0 saturated carbocycles. The smallest absolute Gasteiger partial charge is 0.356 e. The Bertz CT molecular complexity index is 836. The van der Waals surface area contributed by atoms with Gasteiger partial charge in [0.05, 0.1) is 19.3 Å². The Morgan fingerprint density at radius 3 is 2.72 bits per heavy atom. The fourth-order valence-electron chi connectivity index (χ4n) is 2.89. The number of likely N-dealkylation sites (tertiary alicyclic amines) is 1. The number of methoxy groups -OCH3 is 1. The van der Waals surface area contributed by atoms with Crippen molar-refractivity contribution in [2.24, 2.45) is 0 Å². The standard InChI is InChI=1S/C17H18ClN3O4/c1-25-17(24)16-15(12-8-10(18)2-3-13(12)19-16)20-14(23)9-21-6-4-11(22)5-7-21/h2-3,8,19H,4-7,9H2,1H3,(H,20,23). The number of Topliss-reactive ketones (excluding diaryl/α,β-unsaturated/α-hetero) is 1. The van der Waals surface area contributed by atoms with Crippen LogP contribution in [0, 0.1) is 0 Å². The number of ether oxygens (including phenoxy) is 1. The van der Waals surface area contributed by atoms with Crippen molar-refractivity contribution in [1.82, 2.24) is 9.88 Å². The van der Waals surface area contributed by atoms with E-state index in [9.17, 15) is 14.4 Å². The zero-order valence-electron chi connectivity index (χ0n) is 13.7. The lowest BCUT2D eigenvalue weighted by atomic mass is 10.1. The molecule has 2 heterocycles. The quantitative estimate of drug-likeness (QED) is 0.813. The summed E-state index contributed by atoms with van der Waals surface area (Å²) in [5.41, 5.74) is 1.19. The van der Waals surface area contributed by atoms with Gasteiger partial charge in [0.1, 0.15) is 11.5 Å². The van der Waals surface area contributed by atoms with Gasteiger partial charge in [0.2, 0.25) is 5.91 Å². The first-order chi connectivity index (χ1) is 12.0. The third-order valence-corrected chi connectivity index (χ3v) is 4.43. The first kappa shape index (κ1) is 17.4. The molecule has 0 bridgehead atoms. The maximum Gasteiger partial charge on any atom is 0.356 e. The van der Waals surface area contributed by atoms with Crippen molar-refractivity contribution in [3.05, 3.63) is 28.9 Å². The minimum atomic E-state index is -0.578. The molecule has 132 valence electrons. The molecule has 1 amide bonds. The molecule has 1 aliphatic heterocycles. The molecule has 1 fully saturated rings. The van der Waals surface area contributed by atoms with Gasteiger partial charge >= 0.3 is 5.97 Å². The predicted molar refractivity (Wildman–Crippen MR) is 94.0 cm³/mol. The molecule has 7 nitrogen and oxygen atoms in total. The second-order valence-corrected chi connectivity index (χ2v) is 6.36. The minimum Gasteiger partial charge on any atom is -0.464 e. The number of hydrogen-bond acceptors (Lipinski definition) is 5. The molecule has 0 unspecified atom stereocenters. The maximum atomic E-state index is 12.4. The number of H-pyrrole nitrogens is 1. The highest BCUT2D eigenvalue weighted by Gasteiger charge is 2.23. The van der Waals surface area contributed by atoms with E-state index in [4.69, 9.17) is 16.3 Å². The molecule has 1 aromatic heterocycles. The van der Waals surface area contributed by atoms with E-state index in [0.29, 0.717) is 47.5 Å². The number of carbonyl (C=O) groups is 3. The van der Waals surface area contributed by atoms with Crippen LogP contribution in [0.1, 0.15) is 23.3 Å².